The largest absolute Gasteiger partial charge is 0.481 e. The maximum absolute atomic E-state index is 11.6. The summed E-state index contributed by atoms with van der Waals surface area (Å²) in [7, 11) is 0. The van der Waals surface area contributed by atoms with Gasteiger partial charge < -0.3 is 15.2 Å². The zero-order chi connectivity index (χ0) is 12.1. The molecule has 2 N–H and O–H groups in total. The number of aldehydes is 1. The average molecular weight is 227 g/mol. The predicted octanol–water partition coefficient (Wildman–Crippen LogP) is 0.581. The third kappa shape index (κ3) is 3.32. The molecule has 0 heterocycles. The monoisotopic (exact) mass is 227 g/mol. The van der Waals surface area contributed by atoms with E-state index < -0.39 is 12.0 Å². The number of carboxylic acid groups (broad SMARTS) is 1. The lowest BCUT2D eigenvalue weighted by Crippen LogP contribution is -2.39. The number of rotatable bonds is 4. The molecule has 1 unspecified atom stereocenters. The van der Waals surface area contributed by atoms with E-state index in [4.69, 9.17) is 5.11 Å². The molecule has 16 heavy (non-hydrogen) atoms. The van der Waals surface area contributed by atoms with Crippen LogP contribution in [-0.2, 0) is 14.4 Å². The third-order valence-corrected chi connectivity index (χ3v) is 3.02. The van der Waals surface area contributed by atoms with Crippen LogP contribution < -0.4 is 5.32 Å². The summed E-state index contributed by atoms with van der Waals surface area (Å²) in [6.45, 7) is 1.62. The number of hydrogen-bond donors (Lipinski definition) is 2. The van der Waals surface area contributed by atoms with Crippen LogP contribution in [0.3, 0.4) is 0 Å². The highest BCUT2D eigenvalue weighted by Crippen LogP contribution is 2.28. The van der Waals surface area contributed by atoms with Crippen LogP contribution in [0.2, 0.25) is 0 Å². The molecule has 0 spiro atoms. The van der Waals surface area contributed by atoms with Gasteiger partial charge in [0.2, 0.25) is 5.91 Å². The Bertz CT molecular complexity index is 282. The molecule has 1 amide bonds. The Balaban J connectivity index is 2.38. The summed E-state index contributed by atoms with van der Waals surface area (Å²) in [5, 5.41) is 11.4. The van der Waals surface area contributed by atoms with E-state index in [-0.39, 0.29) is 17.7 Å². The van der Waals surface area contributed by atoms with Crippen LogP contribution in [0.15, 0.2) is 0 Å². The van der Waals surface area contributed by atoms with Crippen molar-refractivity contribution in [2.75, 3.05) is 0 Å². The van der Waals surface area contributed by atoms with Gasteiger partial charge in [-0.3, -0.25) is 9.59 Å². The van der Waals surface area contributed by atoms with Crippen LogP contribution in [0.25, 0.3) is 0 Å². The van der Waals surface area contributed by atoms with Crippen molar-refractivity contribution in [1.82, 2.24) is 5.32 Å². The molecule has 0 aliphatic heterocycles. The van der Waals surface area contributed by atoms with E-state index in [1.54, 1.807) is 6.92 Å². The van der Waals surface area contributed by atoms with Crippen LogP contribution in [0.1, 0.15) is 32.6 Å². The molecule has 1 aliphatic carbocycles. The molecular formula is C11H17NO4. The van der Waals surface area contributed by atoms with E-state index >= 15 is 0 Å². The first-order valence-electron chi connectivity index (χ1n) is 5.53. The van der Waals surface area contributed by atoms with Gasteiger partial charge in [-0.1, -0.05) is 0 Å². The first-order chi connectivity index (χ1) is 7.54. The highest BCUT2D eigenvalue weighted by Gasteiger charge is 2.29. The fourth-order valence-electron chi connectivity index (χ4n) is 1.98. The fourth-order valence-corrected chi connectivity index (χ4v) is 1.98. The van der Waals surface area contributed by atoms with Crippen molar-refractivity contribution in [2.45, 2.75) is 38.6 Å². The number of carbonyl (C=O) groups excluding carboxylic acids is 2. The highest BCUT2D eigenvalue weighted by molar-refractivity contribution is 5.82. The molecule has 1 saturated carbocycles. The maximum Gasteiger partial charge on any atom is 0.306 e. The quantitative estimate of drug-likeness (QED) is 0.688. The Hall–Kier alpha value is -1.39. The topological polar surface area (TPSA) is 83.5 Å². The van der Waals surface area contributed by atoms with E-state index in [9.17, 15) is 14.4 Å². The van der Waals surface area contributed by atoms with Gasteiger partial charge in [0.05, 0.1) is 12.0 Å². The van der Waals surface area contributed by atoms with E-state index in [0.717, 1.165) is 0 Å². The Kier molecular flexibility index (Phi) is 4.46. The summed E-state index contributed by atoms with van der Waals surface area (Å²) < 4.78 is 0. The Morgan fingerprint density at radius 3 is 2.19 bits per heavy atom. The van der Waals surface area contributed by atoms with Crippen LogP contribution >= 0.6 is 0 Å². The molecular weight excluding hydrogens is 210 g/mol. The maximum atomic E-state index is 11.6. The van der Waals surface area contributed by atoms with E-state index in [2.05, 4.69) is 5.32 Å². The van der Waals surface area contributed by atoms with Gasteiger partial charge in [-0.05, 0) is 32.6 Å². The SMILES string of the molecule is CC(C=O)NC(=O)[C@H]1CC[C@H](C(=O)O)CC1. The summed E-state index contributed by atoms with van der Waals surface area (Å²) >= 11 is 0. The Morgan fingerprint density at radius 2 is 1.75 bits per heavy atom. The highest BCUT2D eigenvalue weighted by atomic mass is 16.4. The van der Waals surface area contributed by atoms with Gasteiger partial charge in [0.25, 0.3) is 0 Å². The van der Waals surface area contributed by atoms with Crippen molar-refractivity contribution in [1.29, 1.82) is 0 Å². The summed E-state index contributed by atoms with van der Waals surface area (Å²) in [6.07, 6.45) is 2.95. The van der Waals surface area contributed by atoms with Gasteiger partial charge in [-0.2, -0.15) is 0 Å². The second-order valence-corrected chi connectivity index (χ2v) is 4.32. The number of hydrogen-bond acceptors (Lipinski definition) is 3. The number of carboxylic acids is 1. The number of aliphatic carboxylic acids is 1. The molecule has 1 atom stereocenters. The lowest BCUT2D eigenvalue weighted by molar-refractivity contribution is -0.144. The van der Waals surface area contributed by atoms with Crippen LogP contribution in [0.4, 0.5) is 0 Å². The standard InChI is InChI=1S/C11H17NO4/c1-7(6-13)12-10(14)8-2-4-9(5-3-8)11(15)16/h6-9H,2-5H2,1H3,(H,12,14)(H,15,16)/t7?,8-,9-. The van der Waals surface area contributed by atoms with Crippen LogP contribution in [0.5, 0.6) is 0 Å². The predicted molar refractivity (Wildman–Crippen MR) is 56.8 cm³/mol. The van der Waals surface area contributed by atoms with Gasteiger partial charge in [-0.15, -0.1) is 0 Å². The third-order valence-electron chi connectivity index (χ3n) is 3.02. The molecule has 0 aromatic rings. The summed E-state index contributed by atoms with van der Waals surface area (Å²) in [5.41, 5.74) is 0. The van der Waals surface area contributed by atoms with Gasteiger partial charge in [0.15, 0.2) is 0 Å². The lowest BCUT2D eigenvalue weighted by Gasteiger charge is -2.25. The average Bonchev–Trinajstić information content (AvgIpc) is 2.28. The minimum absolute atomic E-state index is 0.136. The van der Waals surface area contributed by atoms with Gasteiger partial charge in [0.1, 0.15) is 6.29 Å². The molecule has 0 aromatic heterocycles. The molecule has 1 fully saturated rings. The summed E-state index contributed by atoms with van der Waals surface area (Å²) in [6, 6.07) is -0.468. The van der Waals surface area contributed by atoms with Crippen molar-refractivity contribution in [3.8, 4) is 0 Å². The Labute approximate surface area is 94.2 Å². The first kappa shape index (κ1) is 12.7. The second kappa shape index (κ2) is 5.63. The van der Waals surface area contributed by atoms with E-state index in [0.29, 0.717) is 32.0 Å². The van der Waals surface area contributed by atoms with Gasteiger partial charge >= 0.3 is 5.97 Å². The molecule has 5 heteroatoms. The lowest BCUT2D eigenvalue weighted by atomic mass is 9.81. The first-order valence-corrected chi connectivity index (χ1v) is 5.53. The Morgan fingerprint density at radius 1 is 1.25 bits per heavy atom. The summed E-state index contributed by atoms with van der Waals surface area (Å²) in [5.74, 6) is -1.37. The molecule has 0 bridgehead atoms. The molecule has 0 aromatic carbocycles. The van der Waals surface area contributed by atoms with Crippen molar-refractivity contribution < 1.29 is 19.5 Å². The molecule has 1 rings (SSSR count). The van der Waals surface area contributed by atoms with Crippen molar-refractivity contribution in [2.24, 2.45) is 11.8 Å². The minimum atomic E-state index is -0.778. The van der Waals surface area contributed by atoms with Crippen LogP contribution in [0, 0.1) is 11.8 Å². The normalized spacial score (nSPS) is 26.8. The van der Waals surface area contributed by atoms with Gasteiger partial charge in [-0.25, -0.2) is 0 Å². The van der Waals surface area contributed by atoms with E-state index in [1.807, 2.05) is 0 Å². The van der Waals surface area contributed by atoms with Crippen molar-refractivity contribution in [3.05, 3.63) is 0 Å². The number of amides is 1. The smallest absolute Gasteiger partial charge is 0.306 e. The van der Waals surface area contributed by atoms with Gasteiger partial charge in [0, 0.05) is 5.92 Å². The zero-order valence-electron chi connectivity index (χ0n) is 9.31. The number of nitrogens with one attached hydrogen (secondary N) is 1. The van der Waals surface area contributed by atoms with Crippen LogP contribution in [-0.4, -0.2) is 29.3 Å². The summed E-state index contributed by atoms with van der Waals surface area (Å²) in [4.78, 5) is 32.7. The van der Waals surface area contributed by atoms with Crippen molar-refractivity contribution in [3.63, 3.8) is 0 Å². The molecule has 90 valence electrons. The van der Waals surface area contributed by atoms with E-state index in [1.165, 1.54) is 0 Å². The zero-order valence-corrected chi connectivity index (χ0v) is 9.31. The number of carbonyl (C=O) groups is 3. The molecule has 0 radical (unpaired) electrons. The van der Waals surface area contributed by atoms with Crippen molar-refractivity contribution >= 4 is 18.2 Å². The fraction of sp³-hybridized carbons (Fsp3) is 0.727. The second-order valence-electron chi connectivity index (χ2n) is 4.32. The minimum Gasteiger partial charge on any atom is -0.481 e. The molecule has 0 saturated heterocycles. The molecule has 1 aliphatic rings. The molecule has 5 nitrogen and oxygen atoms in total.